The summed E-state index contributed by atoms with van der Waals surface area (Å²) in [5.74, 6) is 6.72. The first-order chi connectivity index (χ1) is 7.85. The van der Waals surface area contributed by atoms with Crippen molar-refractivity contribution in [3.8, 4) is 6.07 Å². The van der Waals surface area contributed by atoms with Gasteiger partial charge in [0.25, 0.3) is 0 Å². The Balaban J connectivity index is 2.14. The molecule has 0 amide bonds. The number of hydrogen-bond donors (Lipinski definition) is 2. The summed E-state index contributed by atoms with van der Waals surface area (Å²) in [6, 6.07) is 4.48. The molecule has 0 bridgehead atoms. The van der Waals surface area contributed by atoms with Crippen LogP contribution in [0.5, 0.6) is 0 Å². The van der Waals surface area contributed by atoms with Crippen LogP contribution in [0.25, 0.3) is 0 Å². The quantitative estimate of drug-likeness (QED) is 0.557. The summed E-state index contributed by atoms with van der Waals surface area (Å²) in [6.07, 6.45) is 4.32. The van der Waals surface area contributed by atoms with Crippen LogP contribution in [0.3, 0.4) is 0 Å². The molecule has 3 N–H and O–H groups in total. The summed E-state index contributed by atoms with van der Waals surface area (Å²) in [6.45, 7) is 0.711. The molecule has 0 aromatic carbocycles. The normalized spacial score (nSPS) is 14.2. The van der Waals surface area contributed by atoms with Gasteiger partial charge in [0.2, 0.25) is 0 Å². The van der Waals surface area contributed by atoms with Crippen LogP contribution in [0, 0.1) is 11.3 Å². The molecule has 0 spiro atoms. The van der Waals surface area contributed by atoms with Crippen molar-refractivity contribution < 1.29 is 0 Å². The van der Waals surface area contributed by atoms with Gasteiger partial charge in [-0.05, 0) is 12.8 Å². The monoisotopic (exact) mass is 218 g/mol. The molecule has 0 radical (unpaired) electrons. The third-order valence-corrected chi connectivity index (χ3v) is 2.55. The number of aromatic nitrogens is 2. The van der Waals surface area contributed by atoms with Crippen molar-refractivity contribution in [2.75, 3.05) is 16.9 Å². The number of hydrogen-bond acceptors (Lipinski definition) is 6. The molecule has 1 aliphatic carbocycles. The first-order valence-electron chi connectivity index (χ1n) is 5.27. The fourth-order valence-corrected chi connectivity index (χ4v) is 1.62. The van der Waals surface area contributed by atoms with E-state index in [-0.39, 0.29) is 0 Å². The van der Waals surface area contributed by atoms with Gasteiger partial charge < -0.3 is 10.3 Å². The second-order valence-electron chi connectivity index (χ2n) is 3.74. The van der Waals surface area contributed by atoms with E-state index in [0.717, 1.165) is 5.82 Å². The molecule has 84 valence electrons. The summed E-state index contributed by atoms with van der Waals surface area (Å²) >= 11 is 0. The lowest BCUT2D eigenvalue weighted by Crippen LogP contribution is -2.27. The van der Waals surface area contributed by atoms with Crippen LogP contribution in [-0.2, 0) is 0 Å². The Hall–Kier alpha value is -1.87. The predicted octanol–water partition coefficient (Wildman–Crippen LogP) is 0.645. The Morgan fingerprint density at radius 3 is 3.00 bits per heavy atom. The number of nitrogens with two attached hydrogens (primary N) is 1. The highest BCUT2D eigenvalue weighted by Gasteiger charge is 2.29. The molecule has 1 heterocycles. The van der Waals surface area contributed by atoms with E-state index in [2.05, 4.69) is 26.4 Å². The van der Waals surface area contributed by atoms with E-state index in [4.69, 9.17) is 11.1 Å². The van der Waals surface area contributed by atoms with E-state index in [9.17, 15) is 0 Å². The van der Waals surface area contributed by atoms with Gasteiger partial charge in [0, 0.05) is 18.7 Å². The van der Waals surface area contributed by atoms with Crippen LogP contribution in [0.1, 0.15) is 19.3 Å². The topological polar surface area (TPSA) is 90.9 Å². The van der Waals surface area contributed by atoms with Crippen LogP contribution < -0.4 is 16.2 Å². The van der Waals surface area contributed by atoms with E-state index in [0.29, 0.717) is 24.8 Å². The summed E-state index contributed by atoms with van der Waals surface area (Å²) in [5.41, 5.74) is 2.49. The largest absolute Gasteiger partial charge is 0.352 e. The van der Waals surface area contributed by atoms with Crippen molar-refractivity contribution in [3.05, 3.63) is 12.4 Å². The lowest BCUT2D eigenvalue weighted by Gasteiger charge is -2.22. The van der Waals surface area contributed by atoms with Crippen LogP contribution in [-0.4, -0.2) is 22.6 Å². The second-order valence-corrected chi connectivity index (χ2v) is 3.74. The molecule has 0 atom stereocenters. The fraction of sp³-hybridized carbons (Fsp3) is 0.500. The molecule has 1 fully saturated rings. The van der Waals surface area contributed by atoms with E-state index >= 15 is 0 Å². The Labute approximate surface area is 94.1 Å². The number of nitrogens with one attached hydrogen (secondary N) is 1. The van der Waals surface area contributed by atoms with Gasteiger partial charge in [0.05, 0.1) is 12.5 Å². The van der Waals surface area contributed by atoms with E-state index in [1.54, 1.807) is 6.07 Å². The lowest BCUT2D eigenvalue weighted by molar-refractivity contribution is 0.775. The first-order valence-corrected chi connectivity index (χ1v) is 5.27. The Morgan fingerprint density at radius 1 is 1.56 bits per heavy atom. The molecule has 6 nitrogen and oxygen atoms in total. The minimum atomic E-state index is 0.506. The van der Waals surface area contributed by atoms with Crippen molar-refractivity contribution >= 4 is 11.6 Å². The SMILES string of the molecule is N#CCCN(c1cc(NN)ncn1)C1CC1. The molecule has 16 heavy (non-hydrogen) atoms. The highest BCUT2D eigenvalue weighted by molar-refractivity contribution is 5.49. The minimum absolute atomic E-state index is 0.506. The van der Waals surface area contributed by atoms with Gasteiger partial charge in [-0.15, -0.1) is 0 Å². The molecule has 0 aliphatic heterocycles. The lowest BCUT2D eigenvalue weighted by atomic mass is 10.3. The summed E-state index contributed by atoms with van der Waals surface area (Å²) in [7, 11) is 0. The van der Waals surface area contributed by atoms with Gasteiger partial charge in [-0.25, -0.2) is 15.8 Å². The first kappa shape index (κ1) is 10.6. The molecular formula is C10H14N6. The smallest absolute Gasteiger partial charge is 0.145 e. The molecule has 1 aliphatic rings. The zero-order valence-corrected chi connectivity index (χ0v) is 8.93. The van der Waals surface area contributed by atoms with Crippen molar-refractivity contribution in [1.82, 2.24) is 9.97 Å². The molecule has 1 aromatic rings. The number of anilines is 2. The number of nitrogens with zero attached hydrogens (tertiary/aromatic N) is 4. The number of nitriles is 1. The predicted molar refractivity (Wildman–Crippen MR) is 60.4 cm³/mol. The van der Waals surface area contributed by atoms with Gasteiger partial charge >= 0.3 is 0 Å². The van der Waals surface area contributed by atoms with E-state index in [1.165, 1.54) is 19.2 Å². The Kier molecular flexibility index (Phi) is 3.17. The molecule has 1 saturated carbocycles. The molecule has 0 unspecified atom stereocenters. The third kappa shape index (κ3) is 2.38. The molecule has 2 rings (SSSR count). The maximum absolute atomic E-state index is 8.62. The zero-order valence-electron chi connectivity index (χ0n) is 8.93. The average molecular weight is 218 g/mol. The summed E-state index contributed by atoms with van der Waals surface area (Å²) < 4.78 is 0. The van der Waals surface area contributed by atoms with Crippen LogP contribution >= 0.6 is 0 Å². The highest BCUT2D eigenvalue weighted by atomic mass is 15.3. The standard InChI is InChI=1S/C10H14N6/c11-4-1-5-16(8-2-3-8)10-6-9(15-12)13-7-14-10/h6-8H,1-3,5,12H2,(H,13,14,15). The van der Waals surface area contributed by atoms with E-state index in [1.807, 2.05) is 0 Å². The van der Waals surface area contributed by atoms with Crippen LogP contribution in [0.4, 0.5) is 11.6 Å². The number of hydrazine groups is 1. The third-order valence-electron chi connectivity index (χ3n) is 2.55. The Bertz CT molecular complexity index is 395. The van der Waals surface area contributed by atoms with Crippen LogP contribution in [0.15, 0.2) is 12.4 Å². The van der Waals surface area contributed by atoms with Crippen molar-refractivity contribution in [1.29, 1.82) is 5.26 Å². The minimum Gasteiger partial charge on any atom is -0.352 e. The summed E-state index contributed by atoms with van der Waals surface area (Å²) in [5, 5.41) is 8.62. The van der Waals surface area contributed by atoms with Gasteiger partial charge in [0.1, 0.15) is 18.0 Å². The van der Waals surface area contributed by atoms with Gasteiger partial charge in [-0.3, -0.25) is 0 Å². The molecular weight excluding hydrogens is 204 g/mol. The van der Waals surface area contributed by atoms with Crippen molar-refractivity contribution in [3.63, 3.8) is 0 Å². The van der Waals surface area contributed by atoms with E-state index < -0.39 is 0 Å². The van der Waals surface area contributed by atoms with Crippen molar-refractivity contribution in [2.45, 2.75) is 25.3 Å². The zero-order chi connectivity index (χ0) is 11.4. The van der Waals surface area contributed by atoms with Gasteiger partial charge in [-0.1, -0.05) is 0 Å². The fourth-order valence-electron chi connectivity index (χ4n) is 1.62. The second kappa shape index (κ2) is 4.77. The molecule has 6 heteroatoms. The maximum atomic E-state index is 8.62. The van der Waals surface area contributed by atoms with Gasteiger partial charge in [0.15, 0.2) is 0 Å². The van der Waals surface area contributed by atoms with Crippen LogP contribution in [0.2, 0.25) is 0 Å². The molecule has 0 saturated heterocycles. The molecule has 1 aromatic heterocycles. The number of rotatable bonds is 5. The average Bonchev–Trinajstić information content (AvgIpc) is 3.14. The number of nitrogen functional groups attached to an aromatic ring is 1. The van der Waals surface area contributed by atoms with Crippen molar-refractivity contribution in [2.24, 2.45) is 5.84 Å². The van der Waals surface area contributed by atoms with Gasteiger partial charge in [-0.2, -0.15) is 5.26 Å². The summed E-state index contributed by atoms with van der Waals surface area (Å²) in [4.78, 5) is 10.3. The maximum Gasteiger partial charge on any atom is 0.145 e. The Morgan fingerprint density at radius 2 is 2.38 bits per heavy atom. The highest BCUT2D eigenvalue weighted by Crippen LogP contribution is 2.30.